The zero-order valence-electron chi connectivity index (χ0n) is 12.2. The van der Waals surface area contributed by atoms with Crippen molar-refractivity contribution in [1.82, 2.24) is 9.88 Å². The van der Waals surface area contributed by atoms with E-state index in [-0.39, 0.29) is 11.7 Å². The van der Waals surface area contributed by atoms with Gasteiger partial charge in [-0.2, -0.15) is 0 Å². The van der Waals surface area contributed by atoms with Crippen molar-refractivity contribution < 1.29 is 9.53 Å². The topological polar surface area (TPSA) is 45.7 Å². The first-order valence-corrected chi connectivity index (χ1v) is 8.64. The number of thiazole rings is 1. The Bertz CT molecular complexity index is 720. The normalized spacial score (nSPS) is 33.8. The van der Waals surface area contributed by atoms with Crippen LogP contribution in [0.4, 0.5) is 9.93 Å². The van der Waals surface area contributed by atoms with Crippen molar-refractivity contribution in [2.45, 2.75) is 18.4 Å². The van der Waals surface area contributed by atoms with Crippen molar-refractivity contribution in [3.63, 3.8) is 0 Å². The van der Waals surface area contributed by atoms with Crippen LogP contribution in [0.2, 0.25) is 0 Å². The number of carbonyl (C=O) groups excluding carboxylic acids is 1. The number of nitrogens with zero attached hydrogens (tertiary/aromatic N) is 3. The maximum atomic E-state index is 12.5. The average molecular weight is 315 g/mol. The Hall–Kier alpha value is -1.66. The van der Waals surface area contributed by atoms with E-state index in [0.717, 1.165) is 47.8 Å². The highest BCUT2D eigenvalue weighted by atomic mass is 32.1. The summed E-state index contributed by atoms with van der Waals surface area (Å²) < 4.78 is 7.01. The maximum Gasteiger partial charge on any atom is 0.416 e. The molecule has 2 aromatic rings. The van der Waals surface area contributed by atoms with Gasteiger partial charge in [-0.3, -0.25) is 4.90 Å². The summed E-state index contributed by atoms with van der Waals surface area (Å²) in [4.78, 5) is 21.2. The van der Waals surface area contributed by atoms with Gasteiger partial charge in [-0.15, -0.1) is 0 Å². The van der Waals surface area contributed by atoms with Crippen LogP contribution in [0, 0.1) is 5.92 Å². The summed E-state index contributed by atoms with van der Waals surface area (Å²) in [6.45, 7) is 3.81. The van der Waals surface area contributed by atoms with Crippen molar-refractivity contribution in [2.75, 3.05) is 31.1 Å². The molecule has 6 rings (SSSR count). The molecular formula is C16H17N3O2S. The molecular weight excluding hydrogens is 298 g/mol. The zero-order valence-corrected chi connectivity index (χ0v) is 13.0. The van der Waals surface area contributed by atoms with E-state index in [1.807, 2.05) is 24.3 Å². The predicted molar refractivity (Wildman–Crippen MR) is 85.3 cm³/mol. The molecule has 5 heterocycles. The van der Waals surface area contributed by atoms with E-state index < -0.39 is 0 Å². The van der Waals surface area contributed by atoms with Crippen LogP contribution in [0.25, 0.3) is 10.2 Å². The van der Waals surface area contributed by atoms with Gasteiger partial charge in [0.15, 0.2) is 5.13 Å². The van der Waals surface area contributed by atoms with Crippen molar-refractivity contribution >= 4 is 32.8 Å². The highest BCUT2D eigenvalue weighted by molar-refractivity contribution is 7.22. The van der Waals surface area contributed by atoms with Gasteiger partial charge in [0, 0.05) is 12.5 Å². The highest BCUT2D eigenvalue weighted by Crippen LogP contribution is 2.44. The summed E-state index contributed by atoms with van der Waals surface area (Å²) in [6, 6.07) is 8.01. The van der Waals surface area contributed by atoms with E-state index in [1.54, 1.807) is 16.2 Å². The molecule has 0 radical (unpaired) electrons. The third kappa shape index (κ3) is 1.74. The van der Waals surface area contributed by atoms with Gasteiger partial charge in [0.05, 0.1) is 16.8 Å². The van der Waals surface area contributed by atoms with E-state index in [4.69, 9.17) is 4.74 Å². The van der Waals surface area contributed by atoms with Crippen molar-refractivity contribution in [2.24, 2.45) is 5.92 Å². The molecule has 1 atom stereocenters. The van der Waals surface area contributed by atoms with E-state index in [2.05, 4.69) is 9.88 Å². The molecule has 6 heteroatoms. The number of piperidine rings is 3. The lowest BCUT2D eigenvalue weighted by molar-refractivity contribution is -0.0881. The fourth-order valence-electron chi connectivity index (χ4n) is 4.13. The summed E-state index contributed by atoms with van der Waals surface area (Å²) in [5.41, 5.74) is 0.635. The molecule has 1 aromatic heterocycles. The number of hydrogen-bond acceptors (Lipinski definition) is 5. The molecule has 4 fully saturated rings. The summed E-state index contributed by atoms with van der Waals surface area (Å²) >= 11 is 1.57. The lowest BCUT2D eigenvalue weighted by Gasteiger charge is -2.49. The Morgan fingerprint density at radius 3 is 2.77 bits per heavy atom. The minimum absolute atomic E-state index is 0.229. The Labute approximate surface area is 132 Å². The molecule has 1 aromatic carbocycles. The SMILES string of the molecule is O=C1O[C@]2(CN3CCC2CC3)CN1c1nc2ccccc2s1. The second-order valence-corrected chi connectivity index (χ2v) is 7.54. The van der Waals surface area contributed by atoms with Gasteiger partial charge in [-0.25, -0.2) is 14.7 Å². The Balaban J connectivity index is 1.50. The lowest BCUT2D eigenvalue weighted by Crippen LogP contribution is -2.61. The lowest BCUT2D eigenvalue weighted by atomic mass is 9.75. The van der Waals surface area contributed by atoms with Crippen LogP contribution in [-0.2, 0) is 4.74 Å². The summed E-state index contributed by atoms with van der Waals surface area (Å²) in [6.07, 6.45) is 2.05. The molecule has 0 N–H and O–H groups in total. The second-order valence-electron chi connectivity index (χ2n) is 6.53. The van der Waals surface area contributed by atoms with Crippen LogP contribution in [0.3, 0.4) is 0 Å². The van der Waals surface area contributed by atoms with E-state index in [1.165, 1.54) is 0 Å². The number of hydrogen-bond donors (Lipinski definition) is 0. The minimum Gasteiger partial charge on any atom is -0.439 e. The molecule has 114 valence electrons. The third-order valence-corrected chi connectivity index (χ3v) is 6.33. The van der Waals surface area contributed by atoms with Gasteiger partial charge in [0.1, 0.15) is 5.60 Å². The molecule has 1 spiro atoms. The molecule has 4 saturated heterocycles. The number of fused-ring (bicyclic) bond motifs is 3. The van der Waals surface area contributed by atoms with Crippen molar-refractivity contribution in [3.8, 4) is 0 Å². The second kappa shape index (κ2) is 4.43. The fraction of sp³-hybridized carbons (Fsp3) is 0.500. The molecule has 1 amide bonds. The molecule has 5 nitrogen and oxygen atoms in total. The molecule has 22 heavy (non-hydrogen) atoms. The van der Waals surface area contributed by atoms with Crippen LogP contribution in [0.15, 0.2) is 24.3 Å². The first-order valence-electron chi connectivity index (χ1n) is 7.82. The Kier molecular flexibility index (Phi) is 2.58. The quantitative estimate of drug-likeness (QED) is 0.812. The number of anilines is 1. The number of ether oxygens (including phenoxy) is 1. The number of rotatable bonds is 1. The fourth-order valence-corrected chi connectivity index (χ4v) is 5.09. The third-order valence-electron chi connectivity index (χ3n) is 5.27. The molecule has 0 saturated carbocycles. The summed E-state index contributed by atoms with van der Waals surface area (Å²) in [5.74, 6) is 0.501. The van der Waals surface area contributed by atoms with Crippen molar-refractivity contribution in [1.29, 1.82) is 0 Å². The van der Waals surface area contributed by atoms with Gasteiger partial charge >= 0.3 is 6.09 Å². The number of para-hydroxylation sites is 1. The summed E-state index contributed by atoms with van der Waals surface area (Å²) in [7, 11) is 0. The minimum atomic E-state index is -0.314. The predicted octanol–water partition coefficient (Wildman–Crippen LogP) is 2.72. The number of amides is 1. The molecule has 4 aliphatic rings. The smallest absolute Gasteiger partial charge is 0.416 e. The first-order chi connectivity index (χ1) is 10.7. The van der Waals surface area contributed by atoms with Crippen LogP contribution in [0.1, 0.15) is 12.8 Å². The Morgan fingerprint density at radius 1 is 1.23 bits per heavy atom. The van der Waals surface area contributed by atoms with Gasteiger partial charge in [0.25, 0.3) is 0 Å². The zero-order chi connectivity index (χ0) is 14.7. The molecule has 0 unspecified atom stereocenters. The monoisotopic (exact) mass is 315 g/mol. The highest BCUT2D eigenvalue weighted by Gasteiger charge is 2.56. The number of carbonyl (C=O) groups is 1. The standard InChI is InChI=1S/C16H17N3O2S/c20-15-19(14-17-12-3-1-2-4-13(12)22-14)10-16(21-15)9-18-7-5-11(16)6-8-18/h1-4,11H,5-10H2/t16-/m1/s1. The van der Waals surface area contributed by atoms with E-state index in [9.17, 15) is 4.79 Å². The van der Waals surface area contributed by atoms with E-state index >= 15 is 0 Å². The maximum absolute atomic E-state index is 12.5. The molecule has 4 aliphatic heterocycles. The van der Waals surface area contributed by atoms with E-state index in [0.29, 0.717) is 12.5 Å². The van der Waals surface area contributed by atoms with Crippen LogP contribution in [-0.4, -0.2) is 47.8 Å². The van der Waals surface area contributed by atoms with Crippen LogP contribution in [0.5, 0.6) is 0 Å². The van der Waals surface area contributed by atoms with Crippen LogP contribution >= 0.6 is 11.3 Å². The molecule has 2 bridgehead atoms. The first kappa shape index (κ1) is 12.8. The Morgan fingerprint density at radius 2 is 2.05 bits per heavy atom. The number of benzene rings is 1. The summed E-state index contributed by atoms with van der Waals surface area (Å²) in [5, 5.41) is 0.763. The molecule has 0 aliphatic carbocycles. The largest absolute Gasteiger partial charge is 0.439 e. The number of aromatic nitrogens is 1. The van der Waals surface area contributed by atoms with Crippen molar-refractivity contribution in [3.05, 3.63) is 24.3 Å². The van der Waals surface area contributed by atoms with Gasteiger partial charge < -0.3 is 4.74 Å². The van der Waals surface area contributed by atoms with Crippen LogP contribution < -0.4 is 4.90 Å². The van der Waals surface area contributed by atoms with Gasteiger partial charge in [0.2, 0.25) is 0 Å². The van der Waals surface area contributed by atoms with Gasteiger partial charge in [-0.05, 0) is 38.1 Å². The average Bonchev–Trinajstić information content (AvgIpc) is 3.09. The van der Waals surface area contributed by atoms with Gasteiger partial charge in [-0.1, -0.05) is 23.5 Å².